The van der Waals surface area contributed by atoms with E-state index in [9.17, 15) is 9.90 Å². The molecule has 3 aromatic carbocycles. The van der Waals surface area contributed by atoms with Crippen LogP contribution in [0.1, 0.15) is 10.4 Å². The number of carbonyl (C=O) groups is 1. The first-order valence-corrected chi connectivity index (χ1v) is 8.90. The molecule has 26 heavy (non-hydrogen) atoms. The first-order chi connectivity index (χ1) is 12.3. The van der Waals surface area contributed by atoms with Gasteiger partial charge in [0.05, 0.1) is 15.6 Å². The lowest BCUT2D eigenvalue weighted by Crippen LogP contribution is -2.12. The Hall–Kier alpha value is -1.91. The monoisotopic (exact) mass is 425 g/mol. The van der Waals surface area contributed by atoms with Crippen molar-refractivity contribution in [3.8, 4) is 16.9 Å². The number of carbonyl (C=O) groups excluding carboxylic acids is 1. The van der Waals surface area contributed by atoms with Crippen LogP contribution in [0.4, 0.5) is 5.69 Å². The van der Waals surface area contributed by atoms with Crippen LogP contribution in [0, 0.1) is 0 Å². The van der Waals surface area contributed by atoms with Crippen LogP contribution < -0.4 is 5.32 Å². The third-order valence-corrected chi connectivity index (χ3v) is 4.78. The largest absolute Gasteiger partial charge is 0.507 e. The van der Waals surface area contributed by atoms with Gasteiger partial charge in [-0.15, -0.1) is 0 Å². The number of amides is 1. The summed E-state index contributed by atoms with van der Waals surface area (Å²) < 4.78 is 0. The summed E-state index contributed by atoms with van der Waals surface area (Å²) >= 11 is 23.8. The van der Waals surface area contributed by atoms with Crippen molar-refractivity contribution in [3.63, 3.8) is 0 Å². The Labute approximate surface area is 170 Å². The zero-order chi connectivity index (χ0) is 18.8. The van der Waals surface area contributed by atoms with E-state index in [0.717, 1.165) is 11.1 Å². The number of halogens is 4. The number of phenols is 1. The molecule has 0 aliphatic carbocycles. The molecule has 132 valence electrons. The molecule has 7 heteroatoms. The van der Waals surface area contributed by atoms with Gasteiger partial charge < -0.3 is 10.4 Å². The fourth-order valence-electron chi connectivity index (χ4n) is 2.38. The average Bonchev–Trinajstić information content (AvgIpc) is 2.58. The molecule has 0 spiro atoms. The molecule has 3 aromatic rings. The van der Waals surface area contributed by atoms with E-state index in [-0.39, 0.29) is 21.4 Å². The SMILES string of the molecule is O=C(Nc1ccc(-c2cc(Cl)cc(Cl)c2)cc1)c1cc(Cl)c(Cl)cc1O. The van der Waals surface area contributed by atoms with Gasteiger partial charge in [-0.3, -0.25) is 4.79 Å². The van der Waals surface area contributed by atoms with E-state index in [4.69, 9.17) is 46.4 Å². The third kappa shape index (κ3) is 4.25. The Kier molecular flexibility index (Phi) is 5.64. The van der Waals surface area contributed by atoms with Crippen LogP contribution >= 0.6 is 46.4 Å². The number of rotatable bonds is 3. The summed E-state index contributed by atoms with van der Waals surface area (Å²) in [6.07, 6.45) is 0. The second-order valence-corrected chi connectivity index (χ2v) is 7.16. The molecule has 0 aliphatic heterocycles. The maximum absolute atomic E-state index is 12.3. The number of aromatic hydroxyl groups is 1. The molecule has 3 rings (SSSR count). The highest BCUT2D eigenvalue weighted by Crippen LogP contribution is 2.31. The molecule has 0 unspecified atom stereocenters. The van der Waals surface area contributed by atoms with Crippen molar-refractivity contribution in [2.75, 3.05) is 5.32 Å². The van der Waals surface area contributed by atoms with Crippen molar-refractivity contribution < 1.29 is 9.90 Å². The summed E-state index contributed by atoms with van der Waals surface area (Å²) in [5.74, 6) is -0.748. The molecule has 0 saturated carbocycles. The lowest BCUT2D eigenvalue weighted by molar-refractivity contribution is 0.102. The summed E-state index contributed by atoms with van der Waals surface area (Å²) in [7, 11) is 0. The maximum atomic E-state index is 12.3. The van der Waals surface area contributed by atoms with Crippen LogP contribution in [-0.2, 0) is 0 Å². The normalized spacial score (nSPS) is 10.6. The van der Waals surface area contributed by atoms with Crippen molar-refractivity contribution >= 4 is 58.0 Å². The van der Waals surface area contributed by atoms with Crippen molar-refractivity contribution in [1.82, 2.24) is 0 Å². The van der Waals surface area contributed by atoms with E-state index in [1.54, 1.807) is 30.3 Å². The quantitative estimate of drug-likeness (QED) is 0.477. The molecule has 0 aliphatic rings. The Morgan fingerprint density at radius 1 is 0.769 bits per heavy atom. The Morgan fingerprint density at radius 3 is 1.96 bits per heavy atom. The average molecular weight is 427 g/mol. The minimum atomic E-state index is -0.500. The number of nitrogens with one attached hydrogen (secondary N) is 1. The Balaban J connectivity index is 1.81. The van der Waals surface area contributed by atoms with Crippen molar-refractivity contribution in [1.29, 1.82) is 0 Å². The van der Waals surface area contributed by atoms with E-state index < -0.39 is 5.91 Å². The van der Waals surface area contributed by atoms with Crippen LogP contribution in [0.15, 0.2) is 54.6 Å². The molecule has 0 radical (unpaired) electrons. The number of benzene rings is 3. The smallest absolute Gasteiger partial charge is 0.259 e. The molecular weight excluding hydrogens is 416 g/mol. The second-order valence-electron chi connectivity index (χ2n) is 5.47. The van der Waals surface area contributed by atoms with Crippen LogP contribution in [0.5, 0.6) is 5.75 Å². The van der Waals surface area contributed by atoms with Gasteiger partial charge in [0, 0.05) is 21.8 Å². The van der Waals surface area contributed by atoms with Crippen LogP contribution in [0.25, 0.3) is 11.1 Å². The summed E-state index contributed by atoms with van der Waals surface area (Å²) in [5.41, 5.74) is 2.34. The summed E-state index contributed by atoms with van der Waals surface area (Å²) in [6.45, 7) is 0. The zero-order valence-corrected chi connectivity index (χ0v) is 16.1. The summed E-state index contributed by atoms with van der Waals surface area (Å²) in [6, 6.07) is 14.9. The van der Waals surface area contributed by atoms with Crippen LogP contribution in [0.2, 0.25) is 20.1 Å². The van der Waals surface area contributed by atoms with Crippen molar-refractivity contribution in [2.45, 2.75) is 0 Å². The lowest BCUT2D eigenvalue weighted by Gasteiger charge is -2.09. The third-order valence-electron chi connectivity index (χ3n) is 3.62. The highest BCUT2D eigenvalue weighted by atomic mass is 35.5. The van der Waals surface area contributed by atoms with Crippen LogP contribution in [-0.4, -0.2) is 11.0 Å². The first kappa shape index (κ1) is 18.9. The molecule has 0 saturated heterocycles. The first-order valence-electron chi connectivity index (χ1n) is 7.39. The van der Waals surface area contributed by atoms with Gasteiger partial charge in [-0.2, -0.15) is 0 Å². The molecule has 0 bridgehead atoms. The number of hydrogen-bond donors (Lipinski definition) is 2. The zero-order valence-electron chi connectivity index (χ0n) is 13.1. The van der Waals surface area contributed by atoms with E-state index in [2.05, 4.69) is 5.32 Å². The molecule has 3 nitrogen and oxygen atoms in total. The fraction of sp³-hybridized carbons (Fsp3) is 0. The maximum Gasteiger partial charge on any atom is 0.259 e. The number of hydrogen-bond acceptors (Lipinski definition) is 2. The van der Waals surface area contributed by atoms with E-state index in [1.807, 2.05) is 12.1 Å². The van der Waals surface area contributed by atoms with Crippen LogP contribution in [0.3, 0.4) is 0 Å². The predicted octanol–water partition coefficient (Wildman–Crippen LogP) is 6.93. The molecule has 0 aromatic heterocycles. The minimum Gasteiger partial charge on any atom is -0.507 e. The van der Waals surface area contributed by atoms with E-state index in [1.165, 1.54) is 12.1 Å². The summed E-state index contributed by atoms with van der Waals surface area (Å²) in [5, 5.41) is 14.0. The van der Waals surface area contributed by atoms with Gasteiger partial charge in [0.1, 0.15) is 5.75 Å². The predicted molar refractivity (Wildman–Crippen MR) is 108 cm³/mol. The summed E-state index contributed by atoms with van der Waals surface area (Å²) in [4.78, 5) is 12.3. The molecular formula is C19H11Cl4NO2. The molecule has 0 heterocycles. The fourth-order valence-corrected chi connectivity index (χ4v) is 3.23. The Morgan fingerprint density at radius 2 is 1.35 bits per heavy atom. The van der Waals surface area contributed by atoms with Gasteiger partial charge in [0.15, 0.2) is 0 Å². The Bertz CT molecular complexity index is 967. The lowest BCUT2D eigenvalue weighted by atomic mass is 10.1. The van der Waals surface area contributed by atoms with Gasteiger partial charge in [-0.1, -0.05) is 58.5 Å². The highest BCUT2D eigenvalue weighted by molar-refractivity contribution is 6.42. The standard InChI is InChI=1S/C19H11Cl4NO2/c20-12-5-11(6-13(21)7-12)10-1-3-14(4-2-10)24-19(26)15-8-16(22)17(23)9-18(15)25/h1-9,25H,(H,24,26). The van der Waals surface area contributed by atoms with Gasteiger partial charge in [-0.05, 0) is 47.5 Å². The number of anilines is 1. The van der Waals surface area contributed by atoms with E-state index in [0.29, 0.717) is 15.7 Å². The molecule has 2 N–H and O–H groups in total. The van der Waals surface area contributed by atoms with Gasteiger partial charge >= 0.3 is 0 Å². The molecule has 1 amide bonds. The second kappa shape index (κ2) is 7.77. The van der Waals surface area contributed by atoms with E-state index >= 15 is 0 Å². The van der Waals surface area contributed by atoms with Gasteiger partial charge in [-0.25, -0.2) is 0 Å². The van der Waals surface area contributed by atoms with Gasteiger partial charge in [0.25, 0.3) is 5.91 Å². The van der Waals surface area contributed by atoms with Crippen molar-refractivity contribution in [2.24, 2.45) is 0 Å². The number of phenolic OH excluding ortho intramolecular Hbond substituents is 1. The molecule has 0 fully saturated rings. The molecule has 0 atom stereocenters. The van der Waals surface area contributed by atoms with Crippen molar-refractivity contribution in [3.05, 3.63) is 80.3 Å². The topological polar surface area (TPSA) is 49.3 Å². The highest BCUT2D eigenvalue weighted by Gasteiger charge is 2.14. The van der Waals surface area contributed by atoms with Gasteiger partial charge in [0.2, 0.25) is 0 Å². The minimum absolute atomic E-state index is 0.0325.